The topological polar surface area (TPSA) is 87.7 Å². The number of piperidine rings is 1. The van der Waals surface area contributed by atoms with E-state index in [2.05, 4.69) is 10.6 Å². The Morgan fingerprint density at radius 3 is 2.19 bits per heavy atom. The molecule has 1 atom stereocenters. The summed E-state index contributed by atoms with van der Waals surface area (Å²) in [7, 11) is 0. The number of halogens is 3. The van der Waals surface area contributed by atoms with E-state index < -0.39 is 12.1 Å². The van der Waals surface area contributed by atoms with Crippen LogP contribution in [0.4, 0.5) is 13.2 Å². The summed E-state index contributed by atoms with van der Waals surface area (Å²) >= 11 is 0. The summed E-state index contributed by atoms with van der Waals surface area (Å²) in [6.45, 7) is 3.42. The maximum Gasteiger partial charge on any atom is 0.490 e. The second-order valence-electron chi connectivity index (χ2n) is 4.90. The van der Waals surface area contributed by atoms with Gasteiger partial charge in [0.15, 0.2) is 0 Å². The van der Waals surface area contributed by atoms with Gasteiger partial charge in [-0.2, -0.15) is 13.2 Å². The lowest BCUT2D eigenvalue weighted by Crippen LogP contribution is -2.42. The summed E-state index contributed by atoms with van der Waals surface area (Å²) in [4.78, 5) is 20.7. The maximum absolute atomic E-state index is 11.8. The molecular formula is C12H19F3N2O4. The smallest absolute Gasteiger partial charge is 0.475 e. The van der Waals surface area contributed by atoms with Crippen molar-refractivity contribution >= 4 is 11.9 Å². The average molecular weight is 312 g/mol. The zero-order valence-electron chi connectivity index (χ0n) is 11.4. The van der Waals surface area contributed by atoms with E-state index in [1.165, 1.54) is 0 Å². The second kappa shape index (κ2) is 8.18. The molecule has 2 fully saturated rings. The highest BCUT2D eigenvalue weighted by Crippen LogP contribution is 2.13. The van der Waals surface area contributed by atoms with Gasteiger partial charge in [-0.25, -0.2) is 4.79 Å². The van der Waals surface area contributed by atoms with Crippen molar-refractivity contribution in [2.45, 2.75) is 31.5 Å². The van der Waals surface area contributed by atoms with Crippen molar-refractivity contribution in [2.24, 2.45) is 5.92 Å². The van der Waals surface area contributed by atoms with Crippen LogP contribution in [0.15, 0.2) is 0 Å². The van der Waals surface area contributed by atoms with E-state index in [4.69, 9.17) is 14.6 Å². The van der Waals surface area contributed by atoms with E-state index in [0.717, 1.165) is 39.0 Å². The van der Waals surface area contributed by atoms with E-state index in [-0.39, 0.29) is 17.9 Å². The van der Waals surface area contributed by atoms with Crippen LogP contribution in [0, 0.1) is 5.92 Å². The Hall–Kier alpha value is -1.35. The normalized spacial score (nSPS) is 23.1. The molecule has 1 amide bonds. The first-order chi connectivity index (χ1) is 9.80. The van der Waals surface area contributed by atoms with Crippen LogP contribution in [-0.4, -0.2) is 55.5 Å². The lowest BCUT2D eigenvalue weighted by atomic mass is 9.97. The molecule has 0 radical (unpaired) electrons. The number of amides is 1. The third-order valence-corrected chi connectivity index (χ3v) is 3.23. The van der Waals surface area contributed by atoms with Crippen LogP contribution in [0.5, 0.6) is 0 Å². The number of hydrogen-bond acceptors (Lipinski definition) is 4. The molecule has 0 aromatic rings. The maximum atomic E-state index is 11.8. The Kier molecular flexibility index (Phi) is 6.90. The largest absolute Gasteiger partial charge is 0.490 e. The molecule has 0 aliphatic carbocycles. The second-order valence-corrected chi connectivity index (χ2v) is 4.90. The number of carbonyl (C=O) groups excluding carboxylic acids is 1. The van der Waals surface area contributed by atoms with Gasteiger partial charge < -0.3 is 20.5 Å². The molecule has 1 unspecified atom stereocenters. The van der Waals surface area contributed by atoms with Gasteiger partial charge in [0.25, 0.3) is 0 Å². The standard InChI is InChI=1S/C10H18N2O2.C2HF3O2/c13-10(8-1-4-11-5-2-8)12-9-3-6-14-7-9;3-2(4,5)1(6)7/h8-9,11H,1-7H2,(H,12,13);(H,6,7). The van der Waals surface area contributed by atoms with E-state index in [1.54, 1.807) is 0 Å². The van der Waals surface area contributed by atoms with Gasteiger partial charge in [0.1, 0.15) is 0 Å². The molecule has 0 spiro atoms. The Morgan fingerprint density at radius 1 is 1.19 bits per heavy atom. The van der Waals surface area contributed by atoms with Gasteiger partial charge >= 0.3 is 12.1 Å². The number of carbonyl (C=O) groups is 2. The van der Waals surface area contributed by atoms with Crippen molar-refractivity contribution in [1.82, 2.24) is 10.6 Å². The lowest BCUT2D eigenvalue weighted by molar-refractivity contribution is -0.192. The molecule has 0 aromatic carbocycles. The number of carboxylic acid groups (broad SMARTS) is 1. The summed E-state index contributed by atoms with van der Waals surface area (Å²) in [5, 5.41) is 13.4. The van der Waals surface area contributed by atoms with Crippen molar-refractivity contribution in [3.63, 3.8) is 0 Å². The van der Waals surface area contributed by atoms with Gasteiger partial charge in [0, 0.05) is 12.5 Å². The fourth-order valence-electron chi connectivity index (χ4n) is 2.05. The predicted molar refractivity (Wildman–Crippen MR) is 66.7 cm³/mol. The predicted octanol–water partition coefficient (Wildman–Crippen LogP) is 0.524. The minimum atomic E-state index is -5.08. The Balaban J connectivity index is 0.000000270. The zero-order valence-corrected chi connectivity index (χ0v) is 11.4. The molecule has 0 saturated carbocycles. The van der Waals surface area contributed by atoms with Crippen LogP contribution in [-0.2, 0) is 14.3 Å². The molecule has 122 valence electrons. The summed E-state index contributed by atoms with van der Waals surface area (Å²) < 4.78 is 37.0. The number of carboxylic acids is 1. The van der Waals surface area contributed by atoms with Crippen LogP contribution in [0.25, 0.3) is 0 Å². The molecular weight excluding hydrogens is 293 g/mol. The van der Waals surface area contributed by atoms with Crippen LogP contribution in [0.2, 0.25) is 0 Å². The third kappa shape index (κ3) is 6.76. The quantitative estimate of drug-likeness (QED) is 0.692. The number of alkyl halides is 3. The minimum Gasteiger partial charge on any atom is -0.475 e. The van der Waals surface area contributed by atoms with Crippen LogP contribution in [0.1, 0.15) is 19.3 Å². The van der Waals surface area contributed by atoms with Gasteiger partial charge in [0.2, 0.25) is 5.91 Å². The van der Waals surface area contributed by atoms with Crippen LogP contribution in [0.3, 0.4) is 0 Å². The molecule has 9 heteroatoms. The molecule has 3 N–H and O–H groups in total. The molecule has 2 heterocycles. The summed E-state index contributed by atoms with van der Waals surface area (Å²) in [6.07, 6.45) is -2.17. The lowest BCUT2D eigenvalue weighted by Gasteiger charge is -2.23. The van der Waals surface area contributed by atoms with Crippen molar-refractivity contribution in [1.29, 1.82) is 0 Å². The summed E-state index contributed by atoms with van der Waals surface area (Å²) in [5.74, 6) is -2.31. The SMILES string of the molecule is O=C(NC1CCOC1)C1CCNCC1.O=C(O)C(F)(F)F. The first-order valence-corrected chi connectivity index (χ1v) is 6.69. The first-order valence-electron chi connectivity index (χ1n) is 6.69. The molecule has 6 nitrogen and oxygen atoms in total. The van der Waals surface area contributed by atoms with Crippen molar-refractivity contribution in [3.05, 3.63) is 0 Å². The van der Waals surface area contributed by atoms with E-state index in [9.17, 15) is 18.0 Å². The van der Waals surface area contributed by atoms with E-state index >= 15 is 0 Å². The highest BCUT2D eigenvalue weighted by atomic mass is 19.4. The summed E-state index contributed by atoms with van der Waals surface area (Å²) in [6, 6.07) is 0.261. The van der Waals surface area contributed by atoms with Crippen LogP contribution >= 0.6 is 0 Å². The molecule has 0 aromatic heterocycles. The number of rotatable bonds is 2. The van der Waals surface area contributed by atoms with Gasteiger partial charge in [-0.3, -0.25) is 4.79 Å². The molecule has 21 heavy (non-hydrogen) atoms. The van der Waals surface area contributed by atoms with Gasteiger partial charge in [-0.1, -0.05) is 0 Å². The number of ether oxygens (including phenoxy) is 1. The van der Waals surface area contributed by atoms with E-state index in [0.29, 0.717) is 6.61 Å². The fraction of sp³-hybridized carbons (Fsp3) is 0.833. The molecule has 2 rings (SSSR count). The average Bonchev–Trinajstić information content (AvgIpc) is 2.92. The Morgan fingerprint density at radius 2 is 1.76 bits per heavy atom. The first kappa shape index (κ1) is 17.7. The highest BCUT2D eigenvalue weighted by molar-refractivity contribution is 5.79. The van der Waals surface area contributed by atoms with Gasteiger partial charge in [0.05, 0.1) is 12.6 Å². The number of nitrogens with one attached hydrogen (secondary N) is 2. The zero-order chi connectivity index (χ0) is 15.9. The van der Waals surface area contributed by atoms with Crippen molar-refractivity contribution in [2.75, 3.05) is 26.3 Å². The highest BCUT2D eigenvalue weighted by Gasteiger charge is 2.38. The van der Waals surface area contributed by atoms with E-state index in [1.807, 2.05) is 0 Å². The third-order valence-electron chi connectivity index (χ3n) is 3.23. The summed E-state index contributed by atoms with van der Waals surface area (Å²) in [5.41, 5.74) is 0. The van der Waals surface area contributed by atoms with Crippen molar-refractivity contribution < 1.29 is 32.6 Å². The Bertz CT molecular complexity index is 351. The molecule has 2 aliphatic heterocycles. The van der Waals surface area contributed by atoms with Gasteiger partial charge in [-0.15, -0.1) is 0 Å². The van der Waals surface area contributed by atoms with Crippen molar-refractivity contribution in [3.8, 4) is 0 Å². The number of aliphatic carboxylic acids is 1. The molecule has 2 saturated heterocycles. The fourth-order valence-corrected chi connectivity index (χ4v) is 2.05. The Labute approximate surface area is 120 Å². The van der Waals surface area contributed by atoms with Crippen LogP contribution < -0.4 is 10.6 Å². The molecule has 2 aliphatic rings. The minimum absolute atomic E-state index is 0.219. The monoisotopic (exact) mass is 312 g/mol. The molecule has 0 bridgehead atoms. The number of hydrogen-bond donors (Lipinski definition) is 3. The van der Waals surface area contributed by atoms with Gasteiger partial charge in [-0.05, 0) is 32.4 Å².